The van der Waals surface area contributed by atoms with E-state index < -0.39 is 17.7 Å². The zero-order valence-electron chi connectivity index (χ0n) is 4.30. The fourth-order valence-corrected chi connectivity index (χ4v) is 0.445. The summed E-state index contributed by atoms with van der Waals surface area (Å²) in [4.78, 5) is 0. The van der Waals surface area contributed by atoms with Gasteiger partial charge >= 0.3 is 6.18 Å². The summed E-state index contributed by atoms with van der Waals surface area (Å²) in [6.45, 7) is 2.43. The molecule has 1 unspecified atom stereocenters. The van der Waals surface area contributed by atoms with Gasteiger partial charge in [0.2, 0.25) is 0 Å². The van der Waals surface area contributed by atoms with Crippen LogP contribution in [0.5, 0.6) is 0 Å². The highest BCUT2D eigenvalue weighted by Crippen LogP contribution is 2.31. The molecule has 0 aliphatic heterocycles. The van der Waals surface area contributed by atoms with Crippen molar-refractivity contribution >= 4 is 11.6 Å². The van der Waals surface area contributed by atoms with Gasteiger partial charge in [0.15, 0.2) is 5.13 Å². The van der Waals surface area contributed by atoms with Gasteiger partial charge in [-0.15, -0.1) is 0 Å². The molecule has 0 fully saturated rings. The van der Waals surface area contributed by atoms with Crippen molar-refractivity contribution in [3.63, 3.8) is 0 Å². The third kappa shape index (κ3) is 8.01. The van der Waals surface area contributed by atoms with Crippen LogP contribution in [0.25, 0.3) is 0 Å². The molecule has 0 aromatic rings. The third-order valence-electron chi connectivity index (χ3n) is 0.459. The van der Waals surface area contributed by atoms with Crippen molar-refractivity contribution in [3.05, 3.63) is 6.92 Å². The molecule has 0 N–H and O–H groups in total. The zero-order chi connectivity index (χ0) is 7.71. The summed E-state index contributed by atoms with van der Waals surface area (Å²) in [5.74, 6) is 0. The largest absolute Gasteiger partial charge is 0.393 e. The molecule has 0 rings (SSSR count). The van der Waals surface area contributed by atoms with E-state index in [1.165, 1.54) is 0 Å². The molecule has 1 atom stereocenters. The zero-order valence-corrected chi connectivity index (χ0v) is 5.06. The van der Waals surface area contributed by atoms with Gasteiger partial charge in [0.25, 0.3) is 0 Å². The second-order valence-electron chi connectivity index (χ2n) is 1.65. The second-order valence-corrected chi connectivity index (χ2v) is 2.33. The van der Waals surface area contributed by atoms with E-state index in [1.54, 1.807) is 0 Å². The molecule has 0 nitrogen and oxygen atoms in total. The Morgan fingerprint density at radius 1 is 1.22 bits per heavy atom. The van der Waals surface area contributed by atoms with E-state index in [4.69, 9.17) is 0 Å². The average molecular weight is 164 g/mol. The Hall–Kier alpha value is 0.01000. The number of rotatable bonds is 1. The Morgan fingerprint density at radius 2 is 1.56 bits per heavy atom. The van der Waals surface area contributed by atoms with E-state index in [9.17, 15) is 17.6 Å². The standard InChI is InChI=1S/C4H4ClF4/c1-3(5,6)2-4(7,8)9/h1-2H2. The first-order valence-electron chi connectivity index (χ1n) is 2.01. The fraction of sp³-hybridized carbons (Fsp3) is 0.750. The lowest BCUT2D eigenvalue weighted by Crippen LogP contribution is -2.21. The second kappa shape index (κ2) is 2.33. The fourth-order valence-electron chi connectivity index (χ4n) is 0.293. The van der Waals surface area contributed by atoms with Crippen LogP contribution in [0.4, 0.5) is 17.6 Å². The first kappa shape index (κ1) is 9.01. The summed E-state index contributed by atoms with van der Waals surface area (Å²) in [6.07, 6.45) is -6.31. The molecule has 1 radical (unpaired) electrons. The van der Waals surface area contributed by atoms with Crippen LogP contribution in [0.1, 0.15) is 6.42 Å². The lowest BCUT2D eigenvalue weighted by atomic mass is 10.3. The first-order valence-corrected chi connectivity index (χ1v) is 2.38. The Morgan fingerprint density at radius 3 is 1.56 bits per heavy atom. The molecule has 0 aliphatic rings. The van der Waals surface area contributed by atoms with Crippen LogP contribution in [0.3, 0.4) is 0 Å². The van der Waals surface area contributed by atoms with Crippen molar-refractivity contribution in [3.8, 4) is 0 Å². The number of alkyl halides is 5. The minimum Gasteiger partial charge on any atom is -0.226 e. The van der Waals surface area contributed by atoms with E-state index in [2.05, 4.69) is 18.5 Å². The molecule has 55 valence electrons. The maximum atomic E-state index is 11.8. The lowest BCUT2D eigenvalue weighted by molar-refractivity contribution is -0.146. The Kier molecular flexibility index (Phi) is 2.33. The molecular weight excluding hydrogens is 159 g/mol. The van der Waals surface area contributed by atoms with E-state index in [1.807, 2.05) is 0 Å². The topological polar surface area (TPSA) is 0 Å². The normalized spacial score (nSPS) is 19.3. The van der Waals surface area contributed by atoms with Crippen molar-refractivity contribution in [2.45, 2.75) is 17.7 Å². The lowest BCUT2D eigenvalue weighted by Gasteiger charge is -2.12. The summed E-state index contributed by atoms with van der Waals surface area (Å²) < 4.78 is 45.4. The number of hydrogen-bond donors (Lipinski definition) is 0. The molecule has 0 spiro atoms. The van der Waals surface area contributed by atoms with E-state index in [0.717, 1.165) is 0 Å². The van der Waals surface area contributed by atoms with Gasteiger partial charge in [0.05, 0.1) is 6.42 Å². The van der Waals surface area contributed by atoms with E-state index >= 15 is 0 Å². The summed E-state index contributed by atoms with van der Waals surface area (Å²) in [6, 6.07) is 0. The first-order chi connectivity index (χ1) is 3.71. The molecule has 5 heteroatoms. The highest BCUT2D eigenvalue weighted by atomic mass is 35.5. The smallest absolute Gasteiger partial charge is 0.226 e. The molecule has 0 aromatic carbocycles. The van der Waals surface area contributed by atoms with Crippen molar-refractivity contribution in [2.24, 2.45) is 0 Å². The van der Waals surface area contributed by atoms with Crippen molar-refractivity contribution in [1.29, 1.82) is 0 Å². The molecule has 0 aliphatic carbocycles. The van der Waals surface area contributed by atoms with Crippen molar-refractivity contribution < 1.29 is 17.6 Å². The molecular formula is C4H4ClF4. The van der Waals surface area contributed by atoms with Gasteiger partial charge in [-0.2, -0.15) is 13.2 Å². The van der Waals surface area contributed by atoms with Crippen molar-refractivity contribution in [1.82, 2.24) is 0 Å². The van der Waals surface area contributed by atoms with Gasteiger partial charge in [0.1, 0.15) is 0 Å². The molecule has 0 heterocycles. The van der Waals surface area contributed by atoms with Crippen LogP contribution in [0.15, 0.2) is 0 Å². The molecule has 0 saturated heterocycles. The predicted octanol–water partition coefficient (Wildman–Crippen LogP) is 2.68. The SMILES string of the molecule is [CH2]C(F)(Cl)CC(F)(F)F. The van der Waals surface area contributed by atoms with Crippen LogP contribution in [-0.4, -0.2) is 11.3 Å². The number of hydrogen-bond acceptors (Lipinski definition) is 0. The maximum absolute atomic E-state index is 11.8. The van der Waals surface area contributed by atoms with E-state index in [-0.39, 0.29) is 0 Å². The highest BCUT2D eigenvalue weighted by Gasteiger charge is 2.38. The minimum atomic E-state index is -4.59. The monoisotopic (exact) mass is 163 g/mol. The van der Waals surface area contributed by atoms with Gasteiger partial charge < -0.3 is 0 Å². The Balaban J connectivity index is 3.75. The van der Waals surface area contributed by atoms with E-state index in [0.29, 0.717) is 0 Å². The van der Waals surface area contributed by atoms with Gasteiger partial charge in [-0.1, -0.05) is 11.6 Å². The summed E-state index contributed by atoms with van der Waals surface area (Å²) >= 11 is 4.52. The highest BCUT2D eigenvalue weighted by molar-refractivity contribution is 6.23. The van der Waals surface area contributed by atoms with Crippen LogP contribution in [-0.2, 0) is 0 Å². The molecule has 0 aromatic heterocycles. The van der Waals surface area contributed by atoms with Crippen molar-refractivity contribution in [2.75, 3.05) is 0 Å². The van der Waals surface area contributed by atoms with Crippen LogP contribution in [0.2, 0.25) is 0 Å². The Labute approximate surface area is 54.8 Å². The van der Waals surface area contributed by atoms with Gasteiger partial charge in [0, 0.05) is 6.92 Å². The van der Waals surface area contributed by atoms with Crippen LogP contribution >= 0.6 is 11.6 Å². The van der Waals surface area contributed by atoms with Gasteiger partial charge in [-0.25, -0.2) is 4.39 Å². The Bertz CT molecular complexity index is 77.7. The van der Waals surface area contributed by atoms with Crippen LogP contribution < -0.4 is 0 Å². The summed E-state index contributed by atoms with van der Waals surface area (Å²) in [7, 11) is 0. The number of halogens is 5. The predicted molar refractivity (Wildman–Crippen MR) is 25.7 cm³/mol. The third-order valence-corrected chi connectivity index (χ3v) is 0.593. The average Bonchev–Trinajstić information content (AvgIpc) is 1.14. The summed E-state index contributed by atoms with van der Waals surface area (Å²) in [5, 5.41) is -2.92. The minimum absolute atomic E-state index is 1.72. The maximum Gasteiger partial charge on any atom is 0.393 e. The molecule has 9 heavy (non-hydrogen) atoms. The van der Waals surface area contributed by atoms with Crippen LogP contribution in [0, 0.1) is 6.92 Å². The summed E-state index contributed by atoms with van der Waals surface area (Å²) in [5.41, 5.74) is 0. The molecule has 0 bridgehead atoms. The quantitative estimate of drug-likeness (QED) is 0.412. The van der Waals surface area contributed by atoms with Gasteiger partial charge in [-0.3, -0.25) is 0 Å². The molecule has 0 amide bonds. The van der Waals surface area contributed by atoms with Gasteiger partial charge in [-0.05, 0) is 0 Å². The molecule has 0 saturated carbocycles.